The van der Waals surface area contributed by atoms with Crippen molar-refractivity contribution in [2.45, 2.75) is 12.6 Å². The van der Waals surface area contributed by atoms with Gasteiger partial charge in [0.1, 0.15) is 0 Å². The fourth-order valence-electron chi connectivity index (χ4n) is 3.21. The van der Waals surface area contributed by atoms with E-state index in [0.29, 0.717) is 12.1 Å². The molecule has 138 valence electrons. The molecule has 28 heavy (non-hydrogen) atoms. The number of nitrogens with zero attached hydrogens (tertiary/aromatic N) is 2. The maximum atomic E-state index is 12.9. The summed E-state index contributed by atoms with van der Waals surface area (Å²) in [7, 11) is 0. The van der Waals surface area contributed by atoms with Crippen LogP contribution in [0.15, 0.2) is 103 Å². The van der Waals surface area contributed by atoms with E-state index < -0.39 is 0 Å². The zero-order chi connectivity index (χ0) is 19.2. The van der Waals surface area contributed by atoms with Crippen molar-refractivity contribution in [3.63, 3.8) is 0 Å². The summed E-state index contributed by atoms with van der Waals surface area (Å²) in [5.74, 6) is -0.0941. The van der Waals surface area contributed by atoms with Crippen LogP contribution in [-0.4, -0.2) is 15.7 Å². The van der Waals surface area contributed by atoms with E-state index in [1.165, 1.54) is 0 Å². The Morgan fingerprint density at radius 1 is 0.821 bits per heavy atom. The molecule has 0 radical (unpaired) electrons. The average molecular weight is 367 g/mol. The molecule has 0 aliphatic heterocycles. The maximum absolute atomic E-state index is 12.9. The van der Waals surface area contributed by atoms with Crippen molar-refractivity contribution in [1.29, 1.82) is 0 Å². The van der Waals surface area contributed by atoms with E-state index in [-0.39, 0.29) is 11.9 Å². The molecule has 0 bridgehead atoms. The van der Waals surface area contributed by atoms with Crippen molar-refractivity contribution < 1.29 is 4.79 Å². The number of benzene rings is 3. The zero-order valence-corrected chi connectivity index (χ0v) is 15.4. The standard InChI is InChI=1S/C24H21N3O/c28-24(22-14-12-19(13-15-22)18-27-17-7-16-25-27)26-23(20-8-3-1-4-9-20)21-10-5-2-6-11-21/h1-17,23H,18H2,(H,26,28). The van der Waals surface area contributed by atoms with Gasteiger partial charge in [0.05, 0.1) is 12.6 Å². The van der Waals surface area contributed by atoms with Gasteiger partial charge in [-0.2, -0.15) is 5.10 Å². The first kappa shape index (κ1) is 17.7. The van der Waals surface area contributed by atoms with Gasteiger partial charge in [0.15, 0.2) is 0 Å². The van der Waals surface area contributed by atoms with E-state index in [4.69, 9.17) is 0 Å². The predicted octanol–water partition coefficient (Wildman–Crippen LogP) is 4.45. The van der Waals surface area contributed by atoms with E-state index in [0.717, 1.165) is 16.7 Å². The molecule has 0 fully saturated rings. The second kappa shape index (κ2) is 8.35. The lowest BCUT2D eigenvalue weighted by Crippen LogP contribution is -2.29. The first-order chi connectivity index (χ1) is 13.8. The van der Waals surface area contributed by atoms with Crippen LogP contribution in [0, 0.1) is 0 Å². The fourth-order valence-corrected chi connectivity index (χ4v) is 3.21. The summed E-state index contributed by atoms with van der Waals surface area (Å²) in [6, 6.07) is 29.4. The van der Waals surface area contributed by atoms with Crippen LogP contribution in [0.25, 0.3) is 0 Å². The Morgan fingerprint density at radius 3 is 1.96 bits per heavy atom. The first-order valence-electron chi connectivity index (χ1n) is 9.27. The Morgan fingerprint density at radius 2 is 1.43 bits per heavy atom. The smallest absolute Gasteiger partial charge is 0.252 e. The second-order valence-corrected chi connectivity index (χ2v) is 6.63. The van der Waals surface area contributed by atoms with Crippen LogP contribution >= 0.6 is 0 Å². The number of aromatic nitrogens is 2. The summed E-state index contributed by atoms with van der Waals surface area (Å²) >= 11 is 0. The molecular weight excluding hydrogens is 346 g/mol. The quantitative estimate of drug-likeness (QED) is 0.547. The predicted molar refractivity (Wildman–Crippen MR) is 110 cm³/mol. The van der Waals surface area contributed by atoms with Gasteiger partial charge in [0.2, 0.25) is 0 Å². The summed E-state index contributed by atoms with van der Waals surface area (Å²) in [6.45, 7) is 0.686. The summed E-state index contributed by atoms with van der Waals surface area (Å²) < 4.78 is 1.86. The molecule has 4 aromatic rings. The van der Waals surface area contributed by atoms with Gasteiger partial charge in [0, 0.05) is 18.0 Å². The topological polar surface area (TPSA) is 46.9 Å². The molecule has 0 unspecified atom stereocenters. The lowest BCUT2D eigenvalue weighted by Gasteiger charge is -2.20. The van der Waals surface area contributed by atoms with Gasteiger partial charge in [0.25, 0.3) is 5.91 Å². The number of carbonyl (C=O) groups is 1. The molecule has 4 rings (SSSR count). The number of carbonyl (C=O) groups excluding carboxylic acids is 1. The molecule has 0 spiro atoms. The Kier molecular flexibility index (Phi) is 5.29. The Labute approximate surface area is 164 Å². The van der Waals surface area contributed by atoms with Gasteiger partial charge >= 0.3 is 0 Å². The number of rotatable bonds is 6. The minimum absolute atomic E-state index is 0.0941. The summed E-state index contributed by atoms with van der Waals surface area (Å²) in [5.41, 5.74) is 3.85. The van der Waals surface area contributed by atoms with Crippen LogP contribution in [0.5, 0.6) is 0 Å². The number of amides is 1. The van der Waals surface area contributed by atoms with Crippen LogP contribution < -0.4 is 5.32 Å². The third-order valence-corrected chi connectivity index (χ3v) is 4.66. The molecule has 0 saturated carbocycles. The molecule has 1 amide bonds. The SMILES string of the molecule is O=C(NC(c1ccccc1)c1ccccc1)c1ccc(Cn2cccn2)cc1. The number of nitrogens with one attached hydrogen (secondary N) is 1. The van der Waals surface area contributed by atoms with Gasteiger partial charge in [-0.3, -0.25) is 9.48 Å². The summed E-state index contributed by atoms with van der Waals surface area (Å²) in [5, 5.41) is 7.39. The Balaban J connectivity index is 1.53. The molecule has 3 aromatic carbocycles. The van der Waals surface area contributed by atoms with Crippen LogP contribution in [0.2, 0.25) is 0 Å². The van der Waals surface area contributed by atoms with Gasteiger partial charge < -0.3 is 5.32 Å². The molecule has 0 aliphatic carbocycles. The largest absolute Gasteiger partial charge is 0.341 e. The van der Waals surface area contributed by atoms with Crippen LogP contribution in [0.4, 0.5) is 0 Å². The highest BCUT2D eigenvalue weighted by Gasteiger charge is 2.17. The molecule has 0 saturated heterocycles. The third kappa shape index (κ3) is 4.18. The van der Waals surface area contributed by atoms with Crippen LogP contribution in [-0.2, 0) is 6.54 Å². The van der Waals surface area contributed by atoms with Crippen molar-refractivity contribution in [1.82, 2.24) is 15.1 Å². The second-order valence-electron chi connectivity index (χ2n) is 6.63. The average Bonchev–Trinajstić information content (AvgIpc) is 3.27. The van der Waals surface area contributed by atoms with Crippen molar-refractivity contribution in [2.24, 2.45) is 0 Å². The molecule has 1 aromatic heterocycles. The Hall–Kier alpha value is -3.66. The van der Waals surface area contributed by atoms with E-state index in [2.05, 4.69) is 10.4 Å². The Bertz CT molecular complexity index is 971. The van der Waals surface area contributed by atoms with Gasteiger partial charge in [-0.05, 0) is 34.9 Å². The first-order valence-corrected chi connectivity index (χ1v) is 9.27. The lowest BCUT2D eigenvalue weighted by molar-refractivity contribution is 0.0943. The highest BCUT2D eigenvalue weighted by molar-refractivity contribution is 5.94. The highest BCUT2D eigenvalue weighted by Crippen LogP contribution is 2.22. The molecule has 4 nitrogen and oxygen atoms in total. The molecular formula is C24H21N3O. The van der Waals surface area contributed by atoms with Crippen molar-refractivity contribution >= 4 is 5.91 Å². The highest BCUT2D eigenvalue weighted by atomic mass is 16.1. The molecule has 0 aliphatic rings. The molecule has 1 heterocycles. The molecule has 0 atom stereocenters. The number of hydrogen-bond donors (Lipinski definition) is 1. The normalized spacial score (nSPS) is 10.8. The van der Waals surface area contributed by atoms with E-state index in [1.807, 2.05) is 102 Å². The zero-order valence-electron chi connectivity index (χ0n) is 15.4. The van der Waals surface area contributed by atoms with Crippen molar-refractivity contribution in [2.75, 3.05) is 0 Å². The van der Waals surface area contributed by atoms with E-state index in [9.17, 15) is 4.79 Å². The fraction of sp³-hybridized carbons (Fsp3) is 0.0833. The monoisotopic (exact) mass is 367 g/mol. The van der Waals surface area contributed by atoms with Gasteiger partial charge in [-0.15, -0.1) is 0 Å². The minimum Gasteiger partial charge on any atom is -0.341 e. The molecule has 1 N–H and O–H groups in total. The third-order valence-electron chi connectivity index (χ3n) is 4.66. The van der Waals surface area contributed by atoms with Crippen LogP contribution in [0.1, 0.15) is 33.1 Å². The van der Waals surface area contributed by atoms with Crippen LogP contribution in [0.3, 0.4) is 0 Å². The summed E-state index contributed by atoms with van der Waals surface area (Å²) in [6.07, 6.45) is 3.68. The van der Waals surface area contributed by atoms with Crippen molar-refractivity contribution in [3.8, 4) is 0 Å². The minimum atomic E-state index is -0.196. The molecule has 4 heteroatoms. The number of hydrogen-bond acceptors (Lipinski definition) is 2. The maximum Gasteiger partial charge on any atom is 0.252 e. The van der Waals surface area contributed by atoms with E-state index in [1.54, 1.807) is 6.20 Å². The van der Waals surface area contributed by atoms with Crippen molar-refractivity contribution in [3.05, 3.63) is 126 Å². The van der Waals surface area contributed by atoms with Gasteiger partial charge in [-0.1, -0.05) is 72.8 Å². The lowest BCUT2D eigenvalue weighted by atomic mass is 9.98. The van der Waals surface area contributed by atoms with E-state index >= 15 is 0 Å². The summed E-state index contributed by atoms with van der Waals surface area (Å²) in [4.78, 5) is 12.9. The van der Waals surface area contributed by atoms with Gasteiger partial charge in [-0.25, -0.2) is 0 Å².